The average molecular weight is 453 g/mol. The summed E-state index contributed by atoms with van der Waals surface area (Å²) in [6, 6.07) is 14.4. The molecule has 3 rings (SSSR count). The highest BCUT2D eigenvalue weighted by atomic mass is 32.2. The fraction of sp³-hybridized carbons (Fsp3) is 0.211. The molecule has 1 amide bonds. The zero-order valence-corrected chi connectivity index (χ0v) is 17.8. The smallest absolute Gasteiger partial charge is 0.288 e. The minimum absolute atomic E-state index is 0.104. The van der Waals surface area contributed by atoms with Gasteiger partial charge in [0, 0.05) is 16.3 Å². The molecule has 10 heteroatoms. The van der Waals surface area contributed by atoms with Gasteiger partial charge in [-0.1, -0.05) is 60.0 Å². The first-order chi connectivity index (χ1) is 14.0. The molecule has 0 spiro atoms. The maximum absolute atomic E-state index is 12.4. The lowest BCUT2D eigenvalue weighted by atomic mass is 10.1. The second-order valence-corrected chi connectivity index (χ2v) is 9.01. The number of para-hydroxylation sites is 1. The molecule has 0 fully saturated rings. The number of anilines is 3. The number of rotatable bonds is 9. The van der Waals surface area contributed by atoms with Crippen molar-refractivity contribution < 1.29 is 13.6 Å². The maximum Gasteiger partial charge on any atom is 0.288 e. The summed E-state index contributed by atoms with van der Waals surface area (Å²) in [5, 5.41) is 14.7. The van der Waals surface area contributed by atoms with E-state index in [1.54, 1.807) is 24.3 Å². The molecular weight excluding hydrogens is 434 g/mol. The number of alkyl halides is 2. The van der Waals surface area contributed by atoms with E-state index in [9.17, 15) is 13.6 Å². The molecule has 0 bridgehead atoms. The second kappa shape index (κ2) is 10.6. The first kappa shape index (κ1) is 21.5. The fourth-order valence-electron chi connectivity index (χ4n) is 2.43. The molecule has 1 aromatic heterocycles. The molecule has 0 radical (unpaired) electrons. The van der Waals surface area contributed by atoms with Crippen molar-refractivity contribution in [2.45, 2.75) is 28.3 Å². The zero-order valence-electron chi connectivity index (χ0n) is 15.4. The number of hydrogen-bond donors (Lipinski definition) is 2. The molecule has 0 saturated carbocycles. The first-order valence-electron chi connectivity index (χ1n) is 8.69. The number of nitrogens with one attached hydrogen (secondary N) is 2. The number of carbonyl (C=O) groups excluding carboxylic acids is 1. The molecule has 5 nitrogen and oxygen atoms in total. The number of amides is 1. The molecular formula is C19H18F2N4OS3. The van der Waals surface area contributed by atoms with Gasteiger partial charge in [-0.2, -0.15) is 8.78 Å². The number of benzene rings is 2. The van der Waals surface area contributed by atoms with Crippen molar-refractivity contribution in [1.29, 1.82) is 0 Å². The quantitative estimate of drug-likeness (QED) is 0.395. The Balaban J connectivity index is 1.50. The molecule has 2 N–H and O–H groups in total. The molecule has 3 aromatic rings. The summed E-state index contributed by atoms with van der Waals surface area (Å²) in [5.74, 6) is -2.32. The van der Waals surface area contributed by atoms with Gasteiger partial charge in [0.1, 0.15) is 0 Å². The van der Waals surface area contributed by atoms with E-state index in [4.69, 9.17) is 0 Å². The van der Waals surface area contributed by atoms with Crippen LogP contribution in [0.4, 0.5) is 25.3 Å². The number of thioether (sulfide) groups is 2. The minimum Gasteiger partial charge on any atom is -0.330 e. The van der Waals surface area contributed by atoms with Crippen molar-refractivity contribution >= 4 is 57.3 Å². The van der Waals surface area contributed by atoms with Gasteiger partial charge in [0.05, 0.1) is 5.75 Å². The van der Waals surface area contributed by atoms with E-state index in [1.165, 1.54) is 23.1 Å². The molecule has 1 heterocycles. The highest BCUT2D eigenvalue weighted by Crippen LogP contribution is 2.30. The van der Waals surface area contributed by atoms with Crippen molar-refractivity contribution in [2.24, 2.45) is 0 Å². The molecule has 0 aliphatic carbocycles. The van der Waals surface area contributed by atoms with Crippen molar-refractivity contribution in [3.63, 3.8) is 0 Å². The van der Waals surface area contributed by atoms with Gasteiger partial charge in [-0.3, -0.25) is 4.79 Å². The van der Waals surface area contributed by atoms with Gasteiger partial charge < -0.3 is 10.6 Å². The SMILES string of the molecule is CCc1ccccc1NC(=O)CSc1nnc(Nc2ccc(SC(F)F)cc2)s1. The Kier molecular flexibility index (Phi) is 7.84. The monoisotopic (exact) mass is 452 g/mol. The highest BCUT2D eigenvalue weighted by Gasteiger charge is 2.10. The van der Waals surface area contributed by atoms with Crippen LogP contribution in [0.5, 0.6) is 0 Å². The molecule has 0 aliphatic rings. The van der Waals surface area contributed by atoms with Crippen LogP contribution in [0.3, 0.4) is 0 Å². The van der Waals surface area contributed by atoms with E-state index in [2.05, 4.69) is 20.8 Å². The largest absolute Gasteiger partial charge is 0.330 e. The first-order valence-corrected chi connectivity index (χ1v) is 11.4. The molecule has 29 heavy (non-hydrogen) atoms. The average Bonchev–Trinajstić information content (AvgIpc) is 3.15. The van der Waals surface area contributed by atoms with E-state index < -0.39 is 5.76 Å². The predicted octanol–water partition coefficient (Wildman–Crippen LogP) is 5.89. The molecule has 152 valence electrons. The predicted molar refractivity (Wildman–Crippen MR) is 117 cm³/mol. The van der Waals surface area contributed by atoms with Crippen LogP contribution < -0.4 is 10.6 Å². The molecule has 0 saturated heterocycles. The summed E-state index contributed by atoms with van der Waals surface area (Å²) in [4.78, 5) is 12.7. The van der Waals surface area contributed by atoms with Crippen LogP contribution in [0.2, 0.25) is 0 Å². The Morgan fingerprint density at radius 1 is 1.14 bits per heavy atom. The normalized spacial score (nSPS) is 10.9. The van der Waals surface area contributed by atoms with E-state index in [-0.39, 0.29) is 11.7 Å². The van der Waals surface area contributed by atoms with E-state index in [1.807, 2.05) is 31.2 Å². The lowest BCUT2D eigenvalue weighted by molar-refractivity contribution is -0.113. The lowest BCUT2D eigenvalue weighted by Gasteiger charge is -2.08. The van der Waals surface area contributed by atoms with E-state index >= 15 is 0 Å². The zero-order chi connectivity index (χ0) is 20.6. The maximum atomic E-state index is 12.4. The Bertz CT molecular complexity index is 951. The third kappa shape index (κ3) is 6.69. The fourth-order valence-corrected chi connectivity index (χ4v) is 4.50. The summed E-state index contributed by atoms with van der Waals surface area (Å²) >= 11 is 3.13. The van der Waals surface area contributed by atoms with E-state index in [0.717, 1.165) is 23.4 Å². The van der Waals surface area contributed by atoms with Gasteiger partial charge in [0.2, 0.25) is 11.0 Å². The number of aromatic nitrogens is 2. The molecule has 0 aliphatic heterocycles. The minimum atomic E-state index is -2.44. The van der Waals surface area contributed by atoms with Crippen LogP contribution in [-0.4, -0.2) is 27.6 Å². The van der Waals surface area contributed by atoms with E-state index in [0.29, 0.717) is 26.1 Å². The van der Waals surface area contributed by atoms with Gasteiger partial charge in [0.25, 0.3) is 5.76 Å². The Morgan fingerprint density at radius 3 is 2.62 bits per heavy atom. The van der Waals surface area contributed by atoms with Crippen molar-refractivity contribution in [1.82, 2.24) is 10.2 Å². The van der Waals surface area contributed by atoms with Gasteiger partial charge >= 0.3 is 0 Å². The van der Waals surface area contributed by atoms with Gasteiger partial charge in [-0.05, 0) is 42.3 Å². The Morgan fingerprint density at radius 2 is 1.90 bits per heavy atom. The summed E-state index contributed by atoms with van der Waals surface area (Å²) < 4.78 is 25.4. The van der Waals surface area contributed by atoms with Crippen LogP contribution in [-0.2, 0) is 11.2 Å². The van der Waals surface area contributed by atoms with Crippen molar-refractivity contribution in [3.8, 4) is 0 Å². The summed E-state index contributed by atoms with van der Waals surface area (Å²) in [6.07, 6.45) is 0.844. The van der Waals surface area contributed by atoms with Crippen molar-refractivity contribution in [2.75, 3.05) is 16.4 Å². The van der Waals surface area contributed by atoms with Gasteiger partial charge in [-0.15, -0.1) is 10.2 Å². The van der Waals surface area contributed by atoms with Crippen LogP contribution >= 0.6 is 34.9 Å². The third-order valence-corrected chi connectivity index (χ3v) is 6.43. The molecule has 2 aromatic carbocycles. The van der Waals surface area contributed by atoms with Gasteiger partial charge in [-0.25, -0.2) is 0 Å². The topological polar surface area (TPSA) is 66.9 Å². The number of carbonyl (C=O) groups is 1. The number of halogens is 2. The summed E-state index contributed by atoms with van der Waals surface area (Å²) in [6.45, 7) is 2.04. The number of nitrogens with zero attached hydrogens (tertiary/aromatic N) is 2. The summed E-state index contributed by atoms with van der Waals surface area (Å²) in [7, 11) is 0. The third-order valence-electron chi connectivity index (χ3n) is 3.74. The summed E-state index contributed by atoms with van der Waals surface area (Å²) in [5.41, 5.74) is 2.64. The van der Waals surface area contributed by atoms with Crippen LogP contribution in [0.25, 0.3) is 0 Å². The highest BCUT2D eigenvalue weighted by molar-refractivity contribution is 8.01. The van der Waals surface area contributed by atoms with Crippen molar-refractivity contribution in [3.05, 3.63) is 54.1 Å². The molecule has 0 atom stereocenters. The second-order valence-electron chi connectivity index (χ2n) is 5.75. The number of aryl methyl sites for hydroxylation is 1. The molecule has 0 unspecified atom stereocenters. The van der Waals surface area contributed by atoms with Crippen LogP contribution in [0.15, 0.2) is 57.8 Å². The van der Waals surface area contributed by atoms with Crippen LogP contribution in [0, 0.1) is 0 Å². The lowest BCUT2D eigenvalue weighted by Crippen LogP contribution is -2.15. The van der Waals surface area contributed by atoms with Gasteiger partial charge in [0.15, 0.2) is 4.34 Å². The standard InChI is InChI=1S/C19H18F2N4OS3/c1-2-12-5-3-4-6-15(12)23-16(26)11-27-19-25-24-18(29-19)22-13-7-9-14(10-8-13)28-17(20)21/h3-10,17H,2,11H2,1H3,(H,22,24)(H,23,26). The Hall–Kier alpha value is -2.17. The Labute approximate surface area is 179 Å². The van der Waals surface area contributed by atoms with Crippen LogP contribution in [0.1, 0.15) is 12.5 Å². The number of hydrogen-bond acceptors (Lipinski definition) is 7.